The largest absolute Gasteiger partial charge is 0.378 e. The van der Waals surface area contributed by atoms with Crippen LogP contribution in [-0.4, -0.2) is 22.1 Å². The number of aromatic nitrogens is 3. The molecule has 17 heavy (non-hydrogen) atoms. The number of H-pyrrole nitrogens is 1. The summed E-state index contributed by atoms with van der Waals surface area (Å²) in [7, 11) is 1.56. The van der Waals surface area contributed by atoms with Crippen LogP contribution in [0.5, 0.6) is 0 Å². The number of hydrogen-bond acceptors (Lipinski definition) is 4. The zero-order valence-corrected chi connectivity index (χ0v) is 10.7. The molecule has 6 heteroatoms. The minimum absolute atomic E-state index is 0.216. The smallest absolute Gasteiger partial charge is 0.251 e. The van der Waals surface area contributed by atoms with Crippen LogP contribution in [0.2, 0.25) is 0 Å². The van der Waals surface area contributed by atoms with Gasteiger partial charge < -0.3 is 9.72 Å². The van der Waals surface area contributed by atoms with Crippen molar-refractivity contribution in [1.82, 2.24) is 15.0 Å². The van der Waals surface area contributed by atoms with Gasteiger partial charge in [0.25, 0.3) is 5.56 Å². The second-order valence-electron chi connectivity index (χ2n) is 3.38. The van der Waals surface area contributed by atoms with Gasteiger partial charge in [-0.2, -0.15) is 0 Å². The average molecular weight is 296 g/mol. The number of halogens is 1. The van der Waals surface area contributed by atoms with Gasteiger partial charge in [0.05, 0.1) is 12.3 Å². The summed E-state index contributed by atoms with van der Waals surface area (Å²) < 4.78 is 5.82. The standard InChI is InChI=1S/C11H10BrN3O2/c1-17-6-8-4-10(16)15-11(14-8)9-3-2-7(12)5-13-9/h2-5H,6H2,1H3,(H,14,15,16). The zero-order chi connectivity index (χ0) is 12.3. The highest BCUT2D eigenvalue weighted by Crippen LogP contribution is 2.14. The first-order valence-corrected chi connectivity index (χ1v) is 5.69. The quantitative estimate of drug-likeness (QED) is 0.936. The van der Waals surface area contributed by atoms with Crippen LogP contribution in [0.4, 0.5) is 0 Å². The van der Waals surface area contributed by atoms with Gasteiger partial charge in [-0.25, -0.2) is 4.98 Å². The Morgan fingerprint density at radius 3 is 2.94 bits per heavy atom. The van der Waals surface area contributed by atoms with Crippen molar-refractivity contribution in [2.45, 2.75) is 6.61 Å². The molecular weight excluding hydrogens is 286 g/mol. The molecule has 0 unspecified atom stereocenters. The van der Waals surface area contributed by atoms with E-state index in [1.54, 1.807) is 19.4 Å². The molecule has 0 aromatic carbocycles. The summed E-state index contributed by atoms with van der Waals surface area (Å²) >= 11 is 3.30. The van der Waals surface area contributed by atoms with Crippen LogP contribution < -0.4 is 5.56 Å². The van der Waals surface area contributed by atoms with Crippen molar-refractivity contribution in [2.75, 3.05) is 7.11 Å². The van der Waals surface area contributed by atoms with Crippen molar-refractivity contribution in [3.8, 4) is 11.5 Å². The molecule has 0 amide bonds. The third-order valence-electron chi connectivity index (χ3n) is 2.06. The SMILES string of the molecule is COCc1cc(=O)[nH]c(-c2ccc(Br)cn2)n1. The molecule has 0 atom stereocenters. The molecule has 1 N–H and O–H groups in total. The fourth-order valence-corrected chi connectivity index (χ4v) is 1.60. The van der Waals surface area contributed by atoms with Crippen LogP contribution in [0.3, 0.4) is 0 Å². The van der Waals surface area contributed by atoms with E-state index >= 15 is 0 Å². The minimum Gasteiger partial charge on any atom is -0.378 e. The lowest BCUT2D eigenvalue weighted by Crippen LogP contribution is -2.11. The van der Waals surface area contributed by atoms with E-state index in [9.17, 15) is 4.79 Å². The molecule has 0 aliphatic rings. The number of aromatic amines is 1. The highest BCUT2D eigenvalue weighted by Gasteiger charge is 2.05. The van der Waals surface area contributed by atoms with E-state index in [0.29, 0.717) is 23.8 Å². The molecule has 0 radical (unpaired) electrons. The second kappa shape index (κ2) is 5.20. The van der Waals surface area contributed by atoms with Gasteiger partial charge in [-0.1, -0.05) is 0 Å². The molecule has 2 heterocycles. The Morgan fingerprint density at radius 1 is 1.47 bits per heavy atom. The molecular formula is C11H10BrN3O2. The van der Waals surface area contributed by atoms with Gasteiger partial charge in [0.2, 0.25) is 0 Å². The summed E-state index contributed by atoms with van der Waals surface area (Å²) in [6, 6.07) is 5.02. The molecule has 0 saturated heterocycles. The molecule has 0 aliphatic heterocycles. The van der Waals surface area contributed by atoms with Crippen LogP contribution in [0.1, 0.15) is 5.69 Å². The Bertz CT molecular complexity index is 566. The summed E-state index contributed by atoms with van der Waals surface area (Å²) in [5.41, 5.74) is 0.978. The normalized spacial score (nSPS) is 10.5. The molecule has 0 spiro atoms. The predicted octanol–water partition coefficient (Wildman–Crippen LogP) is 1.74. The van der Waals surface area contributed by atoms with Gasteiger partial charge >= 0.3 is 0 Å². The fraction of sp³-hybridized carbons (Fsp3) is 0.182. The lowest BCUT2D eigenvalue weighted by atomic mass is 10.3. The minimum atomic E-state index is -0.216. The Hall–Kier alpha value is -1.53. The summed E-state index contributed by atoms with van der Waals surface area (Å²) in [6.45, 7) is 0.299. The van der Waals surface area contributed by atoms with E-state index in [1.165, 1.54) is 6.07 Å². The molecule has 2 rings (SSSR count). The van der Waals surface area contributed by atoms with Crippen LogP contribution >= 0.6 is 15.9 Å². The first-order chi connectivity index (χ1) is 8.19. The topological polar surface area (TPSA) is 67.9 Å². The molecule has 2 aromatic heterocycles. The van der Waals surface area contributed by atoms with Crippen LogP contribution in [0.25, 0.3) is 11.5 Å². The van der Waals surface area contributed by atoms with Crippen LogP contribution in [0.15, 0.2) is 33.7 Å². The number of nitrogens with zero attached hydrogens (tertiary/aromatic N) is 2. The average Bonchev–Trinajstić information content (AvgIpc) is 2.29. The van der Waals surface area contributed by atoms with Gasteiger partial charge in [-0.05, 0) is 28.1 Å². The molecule has 0 saturated carbocycles. The maximum absolute atomic E-state index is 11.4. The van der Waals surface area contributed by atoms with Gasteiger partial charge in [-0.3, -0.25) is 9.78 Å². The summed E-state index contributed by atoms with van der Waals surface area (Å²) in [6.07, 6.45) is 1.65. The highest BCUT2D eigenvalue weighted by atomic mass is 79.9. The highest BCUT2D eigenvalue weighted by molar-refractivity contribution is 9.10. The van der Waals surface area contributed by atoms with Crippen molar-refractivity contribution >= 4 is 15.9 Å². The van der Waals surface area contributed by atoms with Gasteiger partial charge in [0.1, 0.15) is 5.69 Å². The maximum Gasteiger partial charge on any atom is 0.251 e. The van der Waals surface area contributed by atoms with Crippen molar-refractivity contribution < 1.29 is 4.74 Å². The lowest BCUT2D eigenvalue weighted by molar-refractivity contribution is 0.181. The molecule has 0 bridgehead atoms. The van der Waals surface area contributed by atoms with E-state index in [4.69, 9.17) is 4.74 Å². The van der Waals surface area contributed by atoms with Gasteiger partial charge in [0.15, 0.2) is 5.82 Å². The molecule has 88 valence electrons. The molecule has 5 nitrogen and oxygen atoms in total. The first kappa shape index (κ1) is 11.9. The van der Waals surface area contributed by atoms with E-state index in [1.807, 2.05) is 6.07 Å². The van der Waals surface area contributed by atoms with Crippen molar-refractivity contribution in [1.29, 1.82) is 0 Å². The predicted molar refractivity (Wildman–Crippen MR) is 66.5 cm³/mol. The van der Waals surface area contributed by atoms with Crippen molar-refractivity contribution in [2.24, 2.45) is 0 Å². The number of hydrogen-bond donors (Lipinski definition) is 1. The van der Waals surface area contributed by atoms with Gasteiger partial charge in [-0.15, -0.1) is 0 Å². The Morgan fingerprint density at radius 2 is 2.29 bits per heavy atom. The summed E-state index contributed by atoms with van der Waals surface area (Å²) in [4.78, 5) is 22.5. The second-order valence-corrected chi connectivity index (χ2v) is 4.30. The van der Waals surface area contributed by atoms with Crippen LogP contribution in [-0.2, 0) is 11.3 Å². The number of ether oxygens (including phenoxy) is 1. The fourth-order valence-electron chi connectivity index (χ4n) is 1.37. The molecule has 2 aromatic rings. The van der Waals surface area contributed by atoms with E-state index in [-0.39, 0.29) is 5.56 Å². The van der Waals surface area contributed by atoms with Crippen molar-refractivity contribution in [3.63, 3.8) is 0 Å². The third kappa shape index (κ3) is 2.98. The Labute approximate surface area is 106 Å². The molecule has 0 fully saturated rings. The van der Waals surface area contributed by atoms with Crippen molar-refractivity contribution in [3.05, 3.63) is 44.9 Å². The van der Waals surface area contributed by atoms with Crippen LogP contribution in [0, 0.1) is 0 Å². The number of pyridine rings is 1. The van der Waals surface area contributed by atoms with E-state index < -0.39 is 0 Å². The summed E-state index contributed by atoms with van der Waals surface area (Å²) in [5.74, 6) is 0.442. The number of methoxy groups -OCH3 is 1. The lowest BCUT2D eigenvalue weighted by Gasteiger charge is -2.03. The number of rotatable bonds is 3. The monoisotopic (exact) mass is 295 g/mol. The third-order valence-corrected chi connectivity index (χ3v) is 2.53. The molecule has 0 aliphatic carbocycles. The number of nitrogens with one attached hydrogen (secondary N) is 1. The van der Waals surface area contributed by atoms with E-state index in [0.717, 1.165) is 4.47 Å². The maximum atomic E-state index is 11.4. The first-order valence-electron chi connectivity index (χ1n) is 4.90. The van der Waals surface area contributed by atoms with E-state index in [2.05, 4.69) is 30.9 Å². The summed E-state index contributed by atoms with van der Waals surface area (Å²) in [5, 5.41) is 0. The van der Waals surface area contributed by atoms with Gasteiger partial charge in [0, 0.05) is 23.8 Å². The zero-order valence-electron chi connectivity index (χ0n) is 9.11. The Balaban J connectivity index is 2.44. The Kier molecular flexibility index (Phi) is 3.65.